The summed E-state index contributed by atoms with van der Waals surface area (Å²) in [6, 6.07) is 7.82. The summed E-state index contributed by atoms with van der Waals surface area (Å²) in [4.78, 5) is 15.8. The first kappa shape index (κ1) is 11.8. The van der Waals surface area contributed by atoms with Crippen molar-refractivity contribution < 1.29 is 9.21 Å². The van der Waals surface area contributed by atoms with Crippen LogP contribution in [0.5, 0.6) is 0 Å². The normalized spacial score (nSPS) is 23.6. The van der Waals surface area contributed by atoms with E-state index in [0.717, 1.165) is 36.3 Å². The van der Waals surface area contributed by atoms with E-state index in [0.29, 0.717) is 5.25 Å². The fourth-order valence-electron chi connectivity index (χ4n) is 2.61. The second-order valence-corrected chi connectivity index (χ2v) is 6.12. The SMILES string of the molecule is CC(=O)SC1CCCC1c1nc2ccccc2o1. The molecule has 0 spiro atoms. The Morgan fingerprint density at radius 2 is 2.22 bits per heavy atom. The van der Waals surface area contributed by atoms with Crippen LogP contribution in [0.1, 0.15) is 38.0 Å². The van der Waals surface area contributed by atoms with Gasteiger partial charge < -0.3 is 4.42 Å². The first-order chi connectivity index (χ1) is 8.74. The largest absolute Gasteiger partial charge is 0.440 e. The zero-order chi connectivity index (χ0) is 12.5. The maximum atomic E-state index is 11.3. The Hall–Kier alpha value is -1.29. The Morgan fingerprint density at radius 3 is 3.00 bits per heavy atom. The summed E-state index contributed by atoms with van der Waals surface area (Å²) in [5, 5.41) is 0.513. The van der Waals surface area contributed by atoms with Gasteiger partial charge in [-0.2, -0.15) is 0 Å². The Morgan fingerprint density at radius 1 is 1.39 bits per heavy atom. The van der Waals surface area contributed by atoms with Crippen LogP contribution < -0.4 is 0 Å². The quantitative estimate of drug-likeness (QED) is 0.826. The molecule has 0 saturated heterocycles. The molecule has 2 atom stereocenters. The minimum Gasteiger partial charge on any atom is -0.440 e. The molecule has 18 heavy (non-hydrogen) atoms. The number of rotatable bonds is 2. The van der Waals surface area contributed by atoms with Crippen molar-refractivity contribution in [2.75, 3.05) is 0 Å². The number of hydrogen-bond donors (Lipinski definition) is 0. The van der Waals surface area contributed by atoms with Crippen LogP contribution in [0.2, 0.25) is 0 Å². The van der Waals surface area contributed by atoms with Gasteiger partial charge in [0.15, 0.2) is 16.6 Å². The Kier molecular flexibility index (Phi) is 3.12. The smallest absolute Gasteiger partial charge is 0.199 e. The zero-order valence-electron chi connectivity index (χ0n) is 10.3. The van der Waals surface area contributed by atoms with Crippen LogP contribution in [-0.2, 0) is 4.79 Å². The average Bonchev–Trinajstić information content (AvgIpc) is 2.93. The van der Waals surface area contributed by atoms with Gasteiger partial charge in [0, 0.05) is 18.1 Å². The first-order valence-corrected chi connectivity index (χ1v) is 7.14. The van der Waals surface area contributed by atoms with E-state index in [1.807, 2.05) is 24.3 Å². The lowest BCUT2D eigenvalue weighted by Gasteiger charge is -2.13. The number of thioether (sulfide) groups is 1. The number of carbonyl (C=O) groups excluding carboxylic acids is 1. The van der Waals surface area contributed by atoms with Crippen LogP contribution in [0.25, 0.3) is 11.1 Å². The Balaban J connectivity index is 1.90. The minimum atomic E-state index is 0.183. The molecule has 1 fully saturated rings. The molecule has 1 saturated carbocycles. The summed E-state index contributed by atoms with van der Waals surface area (Å²) in [5.74, 6) is 1.08. The van der Waals surface area contributed by atoms with E-state index >= 15 is 0 Å². The number of aromatic nitrogens is 1. The summed E-state index contributed by atoms with van der Waals surface area (Å²) >= 11 is 1.44. The topological polar surface area (TPSA) is 43.1 Å². The maximum Gasteiger partial charge on any atom is 0.199 e. The van der Waals surface area contributed by atoms with E-state index in [4.69, 9.17) is 4.42 Å². The molecule has 0 N–H and O–H groups in total. The van der Waals surface area contributed by atoms with Crippen LogP contribution in [0.15, 0.2) is 28.7 Å². The average molecular weight is 261 g/mol. The third-order valence-corrected chi connectivity index (χ3v) is 4.60. The van der Waals surface area contributed by atoms with E-state index in [1.54, 1.807) is 6.92 Å². The van der Waals surface area contributed by atoms with Gasteiger partial charge in [-0.1, -0.05) is 30.3 Å². The number of fused-ring (bicyclic) bond motifs is 1. The van der Waals surface area contributed by atoms with Crippen molar-refractivity contribution >= 4 is 28.0 Å². The highest BCUT2D eigenvalue weighted by Crippen LogP contribution is 2.42. The zero-order valence-corrected chi connectivity index (χ0v) is 11.1. The molecular weight excluding hydrogens is 246 g/mol. The van der Waals surface area contributed by atoms with Gasteiger partial charge in [-0.25, -0.2) is 4.98 Å². The van der Waals surface area contributed by atoms with Gasteiger partial charge in [-0.05, 0) is 25.0 Å². The molecule has 2 unspecified atom stereocenters. The fourth-order valence-corrected chi connectivity index (χ4v) is 3.74. The van der Waals surface area contributed by atoms with Gasteiger partial charge in [0.25, 0.3) is 0 Å². The standard InChI is InChI=1S/C14H15NO2S/c1-9(16)18-13-8-4-5-10(13)14-15-11-6-2-3-7-12(11)17-14/h2-3,6-7,10,13H,4-5,8H2,1H3. The number of benzene rings is 1. The van der Waals surface area contributed by atoms with Crippen molar-refractivity contribution in [2.45, 2.75) is 37.4 Å². The predicted molar refractivity (Wildman–Crippen MR) is 72.7 cm³/mol. The second kappa shape index (κ2) is 4.76. The highest BCUT2D eigenvalue weighted by Gasteiger charge is 2.33. The number of carbonyl (C=O) groups is 1. The number of oxazole rings is 1. The number of para-hydroxylation sites is 2. The molecule has 3 rings (SSSR count). The lowest BCUT2D eigenvalue weighted by atomic mass is 10.1. The molecule has 0 amide bonds. The molecule has 1 aliphatic rings. The van der Waals surface area contributed by atoms with Gasteiger partial charge in [-0.15, -0.1) is 0 Å². The van der Waals surface area contributed by atoms with Gasteiger partial charge in [-0.3, -0.25) is 4.79 Å². The molecule has 3 nitrogen and oxygen atoms in total. The molecular formula is C14H15NO2S. The lowest BCUT2D eigenvalue weighted by molar-refractivity contribution is -0.109. The van der Waals surface area contributed by atoms with Crippen LogP contribution >= 0.6 is 11.8 Å². The van der Waals surface area contributed by atoms with E-state index in [9.17, 15) is 4.79 Å². The van der Waals surface area contributed by atoms with Crippen molar-refractivity contribution in [3.05, 3.63) is 30.2 Å². The van der Waals surface area contributed by atoms with Crippen molar-refractivity contribution in [2.24, 2.45) is 0 Å². The van der Waals surface area contributed by atoms with E-state index in [1.165, 1.54) is 11.8 Å². The van der Waals surface area contributed by atoms with Crippen molar-refractivity contribution in [1.29, 1.82) is 0 Å². The molecule has 2 aromatic rings. The van der Waals surface area contributed by atoms with Crippen LogP contribution in [-0.4, -0.2) is 15.3 Å². The summed E-state index contributed by atoms with van der Waals surface area (Å²) in [5.41, 5.74) is 1.75. The second-order valence-electron chi connectivity index (χ2n) is 4.71. The van der Waals surface area contributed by atoms with Gasteiger partial charge in [0.2, 0.25) is 0 Å². The van der Waals surface area contributed by atoms with Crippen molar-refractivity contribution in [3.8, 4) is 0 Å². The monoisotopic (exact) mass is 261 g/mol. The third kappa shape index (κ3) is 2.17. The molecule has 4 heteroatoms. The first-order valence-electron chi connectivity index (χ1n) is 6.27. The fraction of sp³-hybridized carbons (Fsp3) is 0.429. The van der Waals surface area contributed by atoms with Crippen LogP contribution in [0, 0.1) is 0 Å². The highest BCUT2D eigenvalue weighted by atomic mass is 32.2. The third-order valence-electron chi connectivity index (χ3n) is 3.40. The maximum absolute atomic E-state index is 11.3. The lowest BCUT2D eigenvalue weighted by Crippen LogP contribution is -2.10. The van der Waals surface area contributed by atoms with Gasteiger partial charge in [0.1, 0.15) is 5.52 Å². The molecule has 0 radical (unpaired) electrons. The Bertz CT molecular complexity index is 545. The van der Waals surface area contributed by atoms with E-state index < -0.39 is 0 Å². The molecule has 1 aliphatic carbocycles. The summed E-state index contributed by atoms with van der Waals surface area (Å²) in [6.45, 7) is 1.63. The molecule has 0 bridgehead atoms. The molecule has 0 aliphatic heterocycles. The highest BCUT2D eigenvalue weighted by molar-refractivity contribution is 8.14. The molecule has 1 aromatic carbocycles. The molecule has 1 aromatic heterocycles. The van der Waals surface area contributed by atoms with Crippen molar-refractivity contribution in [3.63, 3.8) is 0 Å². The summed E-state index contributed by atoms with van der Waals surface area (Å²) in [6.07, 6.45) is 3.29. The van der Waals surface area contributed by atoms with Gasteiger partial charge in [0.05, 0.1) is 0 Å². The number of nitrogens with zero attached hydrogens (tertiary/aromatic N) is 1. The van der Waals surface area contributed by atoms with E-state index in [-0.39, 0.29) is 11.0 Å². The Labute approximate surface area is 110 Å². The predicted octanol–water partition coefficient (Wildman–Crippen LogP) is 3.74. The minimum absolute atomic E-state index is 0.183. The molecule has 94 valence electrons. The van der Waals surface area contributed by atoms with Crippen molar-refractivity contribution in [1.82, 2.24) is 4.98 Å². The van der Waals surface area contributed by atoms with E-state index in [2.05, 4.69) is 4.98 Å². The summed E-state index contributed by atoms with van der Waals surface area (Å²) < 4.78 is 5.83. The summed E-state index contributed by atoms with van der Waals surface area (Å²) in [7, 11) is 0. The van der Waals surface area contributed by atoms with Crippen LogP contribution in [0.4, 0.5) is 0 Å². The van der Waals surface area contributed by atoms with Gasteiger partial charge >= 0.3 is 0 Å². The number of hydrogen-bond acceptors (Lipinski definition) is 4. The van der Waals surface area contributed by atoms with Crippen LogP contribution in [0.3, 0.4) is 0 Å². The molecule has 1 heterocycles.